The van der Waals surface area contributed by atoms with Gasteiger partial charge >= 0.3 is 0 Å². The predicted molar refractivity (Wildman–Crippen MR) is 54.3 cm³/mol. The fourth-order valence-corrected chi connectivity index (χ4v) is 1.77. The molecule has 1 aliphatic carbocycles. The number of hydrogen-bond acceptors (Lipinski definition) is 1. The monoisotopic (exact) mass is 174 g/mol. The van der Waals surface area contributed by atoms with Gasteiger partial charge in [-0.2, -0.15) is 0 Å². The quantitative estimate of drug-likeness (QED) is 0.693. The molecule has 0 spiro atoms. The molecule has 0 saturated carbocycles. The van der Waals surface area contributed by atoms with E-state index in [4.69, 9.17) is 5.11 Å². The molecule has 0 aromatic heterocycles. The van der Waals surface area contributed by atoms with Gasteiger partial charge in [0.15, 0.2) is 0 Å². The highest BCUT2D eigenvalue weighted by atomic mass is 16.3. The van der Waals surface area contributed by atoms with Gasteiger partial charge in [0.2, 0.25) is 0 Å². The van der Waals surface area contributed by atoms with Crippen molar-refractivity contribution in [1.82, 2.24) is 0 Å². The lowest BCUT2D eigenvalue weighted by Crippen LogP contribution is -2.03. The van der Waals surface area contributed by atoms with Gasteiger partial charge in [0.05, 0.1) is 6.61 Å². The summed E-state index contributed by atoms with van der Waals surface area (Å²) in [7, 11) is 0. The zero-order chi connectivity index (χ0) is 9.26. The molecule has 1 aliphatic rings. The van der Waals surface area contributed by atoms with Crippen LogP contribution in [0.15, 0.2) is 24.3 Å². The van der Waals surface area contributed by atoms with Crippen LogP contribution in [0.4, 0.5) is 0 Å². The van der Waals surface area contributed by atoms with Crippen LogP contribution in [0.25, 0.3) is 6.08 Å². The predicted octanol–water partition coefficient (Wildman–Crippen LogP) is 2.38. The standard InChI is InChI=1S/C12H14O/c1-9-2-4-12-7-10(8-13)3-5-11(12)6-9/h2-5,7,9,13H,6,8H2,1H3. The molecule has 1 aromatic carbocycles. The zero-order valence-electron chi connectivity index (χ0n) is 7.83. The lowest BCUT2D eigenvalue weighted by Gasteiger charge is -2.16. The fraction of sp³-hybridized carbons (Fsp3) is 0.333. The molecule has 0 amide bonds. The van der Waals surface area contributed by atoms with Crippen LogP contribution in [-0.4, -0.2) is 5.11 Å². The highest BCUT2D eigenvalue weighted by molar-refractivity contribution is 5.57. The van der Waals surface area contributed by atoms with Crippen LogP contribution < -0.4 is 0 Å². The Balaban J connectivity index is 2.40. The molecule has 0 fully saturated rings. The molecule has 1 N–H and O–H groups in total. The molecule has 0 heterocycles. The van der Waals surface area contributed by atoms with Gasteiger partial charge in [0.1, 0.15) is 0 Å². The van der Waals surface area contributed by atoms with Crippen LogP contribution in [0.1, 0.15) is 23.6 Å². The first kappa shape index (κ1) is 8.52. The zero-order valence-corrected chi connectivity index (χ0v) is 7.83. The molecule has 1 atom stereocenters. The Morgan fingerprint density at radius 1 is 1.46 bits per heavy atom. The summed E-state index contributed by atoms with van der Waals surface area (Å²) in [5.74, 6) is 0.646. The Bertz CT molecular complexity index is 339. The minimum atomic E-state index is 0.136. The largest absolute Gasteiger partial charge is 0.392 e. The van der Waals surface area contributed by atoms with E-state index in [2.05, 4.69) is 31.2 Å². The summed E-state index contributed by atoms with van der Waals surface area (Å²) in [6, 6.07) is 6.20. The van der Waals surface area contributed by atoms with Crippen LogP contribution in [0.2, 0.25) is 0 Å². The molecule has 0 bridgehead atoms. The number of aliphatic hydroxyl groups excluding tert-OH is 1. The van der Waals surface area contributed by atoms with E-state index in [0.717, 1.165) is 12.0 Å². The van der Waals surface area contributed by atoms with Crippen LogP contribution in [0.5, 0.6) is 0 Å². The lowest BCUT2D eigenvalue weighted by atomic mass is 9.90. The van der Waals surface area contributed by atoms with Crippen molar-refractivity contribution in [1.29, 1.82) is 0 Å². The van der Waals surface area contributed by atoms with Gasteiger partial charge in [-0.25, -0.2) is 0 Å². The molecule has 0 radical (unpaired) electrons. The number of benzene rings is 1. The Kier molecular flexibility index (Phi) is 2.19. The van der Waals surface area contributed by atoms with Crippen molar-refractivity contribution in [2.24, 2.45) is 5.92 Å². The highest BCUT2D eigenvalue weighted by Crippen LogP contribution is 2.23. The molecule has 1 nitrogen and oxygen atoms in total. The SMILES string of the molecule is CC1C=Cc2cc(CO)ccc2C1. The van der Waals surface area contributed by atoms with Crippen LogP contribution in [-0.2, 0) is 13.0 Å². The summed E-state index contributed by atoms with van der Waals surface area (Å²) in [6.07, 6.45) is 5.50. The third kappa shape index (κ3) is 1.65. The van der Waals surface area contributed by atoms with Crippen LogP contribution >= 0.6 is 0 Å². The molecule has 2 rings (SSSR count). The smallest absolute Gasteiger partial charge is 0.0682 e. The van der Waals surface area contributed by atoms with Crippen molar-refractivity contribution in [2.75, 3.05) is 0 Å². The average molecular weight is 174 g/mol. The first-order valence-electron chi connectivity index (χ1n) is 4.70. The summed E-state index contributed by atoms with van der Waals surface area (Å²) >= 11 is 0. The first-order chi connectivity index (χ1) is 6.29. The van der Waals surface area contributed by atoms with E-state index in [0.29, 0.717) is 5.92 Å². The second-order valence-electron chi connectivity index (χ2n) is 3.73. The normalized spacial score (nSPS) is 20.0. The summed E-state index contributed by atoms with van der Waals surface area (Å²) < 4.78 is 0. The van der Waals surface area contributed by atoms with Gasteiger partial charge in [0, 0.05) is 0 Å². The second-order valence-corrected chi connectivity index (χ2v) is 3.73. The summed E-state index contributed by atoms with van der Waals surface area (Å²) in [6.45, 7) is 2.36. The first-order valence-corrected chi connectivity index (χ1v) is 4.70. The molecule has 1 heteroatoms. The Morgan fingerprint density at radius 2 is 2.31 bits per heavy atom. The van der Waals surface area contributed by atoms with Crippen molar-refractivity contribution in [3.05, 3.63) is 41.0 Å². The molecule has 1 unspecified atom stereocenters. The minimum absolute atomic E-state index is 0.136. The summed E-state index contributed by atoms with van der Waals surface area (Å²) in [4.78, 5) is 0. The van der Waals surface area contributed by atoms with Gasteiger partial charge in [-0.1, -0.05) is 31.2 Å². The van der Waals surface area contributed by atoms with E-state index >= 15 is 0 Å². The van der Waals surface area contributed by atoms with Crippen LogP contribution in [0.3, 0.4) is 0 Å². The molecular formula is C12H14O. The van der Waals surface area contributed by atoms with Crippen molar-refractivity contribution >= 4 is 6.08 Å². The van der Waals surface area contributed by atoms with E-state index in [9.17, 15) is 0 Å². The Hall–Kier alpha value is -1.08. The van der Waals surface area contributed by atoms with Gasteiger partial charge in [-0.3, -0.25) is 0 Å². The van der Waals surface area contributed by atoms with E-state index in [-0.39, 0.29) is 6.61 Å². The maximum absolute atomic E-state index is 8.97. The molecule has 0 aliphatic heterocycles. The molecule has 1 aromatic rings. The highest BCUT2D eigenvalue weighted by Gasteiger charge is 2.09. The number of fused-ring (bicyclic) bond motifs is 1. The number of aliphatic hydroxyl groups is 1. The maximum atomic E-state index is 8.97. The number of hydrogen-bond donors (Lipinski definition) is 1. The average Bonchev–Trinajstić information content (AvgIpc) is 2.17. The molecule has 68 valence electrons. The van der Waals surface area contributed by atoms with Crippen molar-refractivity contribution in [3.63, 3.8) is 0 Å². The van der Waals surface area contributed by atoms with Gasteiger partial charge < -0.3 is 5.11 Å². The summed E-state index contributed by atoms with van der Waals surface area (Å²) in [5.41, 5.74) is 3.66. The lowest BCUT2D eigenvalue weighted by molar-refractivity contribution is 0.282. The van der Waals surface area contributed by atoms with Crippen molar-refractivity contribution in [2.45, 2.75) is 20.0 Å². The molecular weight excluding hydrogens is 160 g/mol. The van der Waals surface area contributed by atoms with Crippen molar-refractivity contribution in [3.8, 4) is 0 Å². The van der Waals surface area contributed by atoms with Gasteiger partial charge in [0.25, 0.3) is 0 Å². The molecule has 13 heavy (non-hydrogen) atoms. The third-order valence-corrected chi connectivity index (χ3v) is 2.54. The van der Waals surface area contributed by atoms with E-state index in [1.54, 1.807) is 0 Å². The fourth-order valence-electron chi connectivity index (χ4n) is 1.77. The Labute approximate surface area is 78.7 Å². The van der Waals surface area contributed by atoms with Crippen molar-refractivity contribution < 1.29 is 5.11 Å². The number of allylic oxidation sites excluding steroid dienone is 1. The van der Waals surface area contributed by atoms with Gasteiger partial charge in [-0.15, -0.1) is 0 Å². The van der Waals surface area contributed by atoms with E-state index in [1.807, 2.05) is 6.07 Å². The second kappa shape index (κ2) is 3.35. The molecule has 0 saturated heterocycles. The van der Waals surface area contributed by atoms with E-state index in [1.165, 1.54) is 11.1 Å². The third-order valence-electron chi connectivity index (χ3n) is 2.54. The minimum Gasteiger partial charge on any atom is -0.392 e. The number of rotatable bonds is 1. The topological polar surface area (TPSA) is 20.2 Å². The Morgan fingerprint density at radius 3 is 3.08 bits per heavy atom. The maximum Gasteiger partial charge on any atom is 0.0682 e. The summed E-state index contributed by atoms with van der Waals surface area (Å²) in [5, 5.41) is 8.97. The van der Waals surface area contributed by atoms with E-state index < -0.39 is 0 Å². The van der Waals surface area contributed by atoms with Gasteiger partial charge in [-0.05, 0) is 35.1 Å². The van der Waals surface area contributed by atoms with Crippen LogP contribution in [0, 0.1) is 5.92 Å².